The summed E-state index contributed by atoms with van der Waals surface area (Å²) < 4.78 is 15.9. The summed E-state index contributed by atoms with van der Waals surface area (Å²) in [5.74, 6) is 1.19. The van der Waals surface area contributed by atoms with Crippen LogP contribution in [0.5, 0.6) is 17.2 Å². The minimum absolute atomic E-state index is 0.106. The molecule has 0 fully saturated rings. The van der Waals surface area contributed by atoms with E-state index in [1.807, 2.05) is 25.1 Å². The summed E-state index contributed by atoms with van der Waals surface area (Å²) in [6.45, 7) is 2.65. The van der Waals surface area contributed by atoms with Gasteiger partial charge in [0.25, 0.3) is 5.91 Å². The lowest BCUT2D eigenvalue weighted by atomic mass is 10.1. The van der Waals surface area contributed by atoms with Crippen molar-refractivity contribution in [3.8, 4) is 17.2 Å². The fourth-order valence-corrected chi connectivity index (χ4v) is 2.64. The van der Waals surface area contributed by atoms with E-state index < -0.39 is 0 Å². The van der Waals surface area contributed by atoms with Gasteiger partial charge in [-0.2, -0.15) is 0 Å². The maximum absolute atomic E-state index is 12.3. The third-order valence-electron chi connectivity index (χ3n) is 4.02. The van der Waals surface area contributed by atoms with E-state index in [0.29, 0.717) is 42.4 Å². The van der Waals surface area contributed by atoms with Gasteiger partial charge < -0.3 is 24.8 Å². The highest BCUT2D eigenvalue weighted by Crippen LogP contribution is 2.27. The summed E-state index contributed by atoms with van der Waals surface area (Å²) in [5.41, 5.74) is 1.41. The second-order valence-corrected chi connectivity index (χ2v) is 5.90. The van der Waals surface area contributed by atoms with Crippen LogP contribution in [-0.2, 0) is 11.2 Å². The third kappa shape index (κ3) is 5.90. The van der Waals surface area contributed by atoms with Crippen molar-refractivity contribution in [3.63, 3.8) is 0 Å². The SMILES string of the molecule is CCOc1ccccc1C(=O)NCC(=O)NCCc1ccc(OC)c(OC)c1. The molecule has 0 unspecified atom stereocenters. The first-order valence-corrected chi connectivity index (χ1v) is 9.06. The topological polar surface area (TPSA) is 85.9 Å². The number of carbonyl (C=O) groups is 2. The van der Waals surface area contributed by atoms with Crippen LogP contribution in [0.2, 0.25) is 0 Å². The number of hydrogen-bond donors (Lipinski definition) is 2. The fourth-order valence-electron chi connectivity index (χ4n) is 2.64. The molecule has 0 aliphatic rings. The Balaban J connectivity index is 1.79. The first kappa shape index (κ1) is 21.1. The van der Waals surface area contributed by atoms with Gasteiger partial charge >= 0.3 is 0 Å². The molecule has 7 heteroatoms. The molecular formula is C21H26N2O5. The predicted molar refractivity (Wildman–Crippen MR) is 106 cm³/mol. The summed E-state index contributed by atoms with van der Waals surface area (Å²) in [7, 11) is 3.16. The van der Waals surface area contributed by atoms with Gasteiger partial charge in [0.2, 0.25) is 5.91 Å². The number of amides is 2. The van der Waals surface area contributed by atoms with Crippen LogP contribution in [0.3, 0.4) is 0 Å². The quantitative estimate of drug-likeness (QED) is 0.654. The monoisotopic (exact) mass is 386 g/mol. The van der Waals surface area contributed by atoms with E-state index in [2.05, 4.69) is 10.6 Å². The van der Waals surface area contributed by atoms with Gasteiger partial charge in [0.05, 0.1) is 32.9 Å². The lowest BCUT2D eigenvalue weighted by Gasteiger charge is -2.11. The van der Waals surface area contributed by atoms with Crippen molar-refractivity contribution in [2.75, 3.05) is 33.9 Å². The van der Waals surface area contributed by atoms with Crippen LogP contribution >= 0.6 is 0 Å². The molecule has 0 aliphatic carbocycles. The fraction of sp³-hybridized carbons (Fsp3) is 0.333. The zero-order chi connectivity index (χ0) is 20.4. The predicted octanol–water partition coefficient (Wildman–Crippen LogP) is 2.19. The molecule has 7 nitrogen and oxygen atoms in total. The van der Waals surface area contributed by atoms with Gasteiger partial charge in [-0.25, -0.2) is 0 Å². The molecule has 0 spiro atoms. The number of rotatable bonds is 10. The van der Waals surface area contributed by atoms with E-state index in [0.717, 1.165) is 5.56 Å². The number of carbonyl (C=O) groups excluding carboxylic acids is 2. The Labute approximate surface area is 165 Å². The van der Waals surface area contributed by atoms with E-state index in [-0.39, 0.29) is 18.4 Å². The molecule has 2 amide bonds. The Morgan fingerprint density at radius 3 is 2.39 bits per heavy atom. The van der Waals surface area contributed by atoms with Crippen LogP contribution in [0.4, 0.5) is 0 Å². The van der Waals surface area contributed by atoms with E-state index in [4.69, 9.17) is 14.2 Å². The Bertz CT molecular complexity index is 807. The smallest absolute Gasteiger partial charge is 0.255 e. The molecule has 0 aliphatic heterocycles. The highest BCUT2D eigenvalue weighted by atomic mass is 16.5. The summed E-state index contributed by atoms with van der Waals surface area (Å²) >= 11 is 0. The number of para-hydroxylation sites is 1. The minimum atomic E-state index is -0.348. The average Bonchev–Trinajstić information content (AvgIpc) is 2.72. The molecule has 0 radical (unpaired) electrons. The van der Waals surface area contributed by atoms with E-state index in [1.165, 1.54) is 0 Å². The van der Waals surface area contributed by atoms with Crippen LogP contribution in [0.1, 0.15) is 22.8 Å². The summed E-state index contributed by atoms with van der Waals surface area (Å²) in [5, 5.41) is 5.40. The van der Waals surface area contributed by atoms with E-state index in [9.17, 15) is 9.59 Å². The normalized spacial score (nSPS) is 10.1. The molecule has 2 aromatic rings. The van der Waals surface area contributed by atoms with E-state index in [1.54, 1.807) is 38.5 Å². The van der Waals surface area contributed by atoms with Gasteiger partial charge in [0.1, 0.15) is 5.75 Å². The van der Waals surface area contributed by atoms with Gasteiger partial charge in [-0.1, -0.05) is 18.2 Å². The summed E-state index contributed by atoms with van der Waals surface area (Å²) in [6.07, 6.45) is 0.632. The van der Waals surface area contributed by atoms with Crippen molar-refractivity contribution in [1.82, 2.24) is 10.6 Å². The standard InChI is InChI=1S/C21H26N2O5/c1-4-28-17-8-6-5-7-16(17)21(25)23-14-20(24)22-12-11-15-9-10-18(26-2)19(13-15)27-3/h5-10,13H,4,11-12,14H2,1-3H3,(H,22,24)(H,23,25). The van der Waals surface area contributed by atoms with E-state index >= 15 is 0 Å². The molecular weight excluding hydrogens is 360 g/mol. The molecule has 0 atom stereocenters. The van der Waals surface area contributed by atoms with Gasteiger partial charge in [-0.05, 0) is 43.2 Å². The average molecular weight is 386 g/mol. The largest absolute Gasteiger partial charge is 0.493 e. The maximum atomic E-state index is 12.3. The molecule has 28 heavy (non-hydrogen) atoms. The van der Waals surface area contributed by atoms with Crippen molar-refractivity contribution in [3.05, 3.63) is 53.6 Å². The lowest BCUT2D eigenvalue weighted by Crippen LogP contribution is -2.37. The van der Waals surface area contributed by atoms with Crippen molar-refractivity contribution in [2.24, 2.45) is 0 Å². The molecule has 150 valence electrons. The molecule has 2 N–H and O–H groups in total. The number of hydrogen-bond acceptors (Lipinski definition) is 5. The van der Waals surface area contributed by atoms with Crippen LogP contribution in [0, 0.1) is 0 Å². The Kier molecular flexibility index (Phi) is 8.14. The summed E-state index contributed by atoms with van der Waals surface area (Å²) in [4.78, 5) is 24.3. The van der Waals surface area contributed by atoms with Crippen LogP contribution in [-0.4, -0.2) is 45.7 Å². The zero-order valence-electron chi connectivity index (χ0n) is 16.4. The van der Waals surface area contributed by atoms with Gasteiger partial charge in [0.15, 0.2) is 11.5 Å². The van der Waals surface area contributed by atoms with Crippen molar-refractivity contribution >= 4 is 11.8 Å². The minimum Gasteiger partial charge on any atom is -0.493 e. The van der Waals surface area contributed by atoms with Crippen LogP contribution in [0.15, 0.2) is 42.5 Å². The van der Waals surface area contributed by atoms with Crippen molar-refractivity contribution < 1.29 is 23.8 Å². The number of methoxy groups -OCH3 is 2. The van der Waals surface area contributed by atoms with Crippen molar-refractivity contribution in [1.29, 1.82) is 0 Å². The number of ether oxygens (including phenoxy) is 3. The Morgan fingerprint density at radius 1 is 0.929 bits per heavy atom. The number of nitrogens with one attached hydrogen (secondary N) is 2. The molecule has 0 aromatic heterocycles. The first-order chi connectivity index (χ1) is 13.6. The summed E-state index contributed by atoms with van der Waals surface area (Å²) in [6, 6.07) is 12.5. The maximum Gasteiger partial charge on any atom is 0.255 e. The molecule has 0 heterocycles. The highest BCUT2D eigenvalue weighted by Gasteiger charge is 2.13. The van der Waals surface area contributed by atoms with Crippen LogP contribution in [0.25, 0.3) is 0 Å². The molecule has 0 saturated heterocycles. The molecule has 0 saturated carbocycles. The van der Waals surface area contributed by atoms with Crippen LogP contribution < -0.4 is 24.8 Å². The Hall–Kier alpha value is -3.22. The first-order valence-electron chi connectivity index (χ1n) is 9.06. The molecule has 2 aromatic carbocycles. The van der Waals surface area contributed by atoms with Gasteiger partial charge in [0, 0.05) is 6.54 Å². The highest BCUT2D eigenvalue weighted by molar-refractivity contribution is 5.98. The zero-order valence-corrected chi connectivity index (χ0v) is 16.4. The third-order valence-corrected chi connectivity index (χ3v) is 4.02. The molecule has 2 rings (SSSR count). The van der Waals surface area contributed by atoms with Gasteiger partial charge in [-0.15, -0.1) is 0 Å². The van der Waals surface area contributed by atoms with Gasteiger partial charge in [-0.3, -0.25) is 9.59 Å². The second-order valence-electron chi connectivity index (χ2n) is 5.90. The molecule has 0 bridgehead atoms. The lowest BCUT2D eigenvalue weighted by molar-refractivity contribution is -0.120. The second kappa shape index (κ2) is 10.8. The van der Waals surface area contributed by atoms with Crippen molar-refractivity contribution in [2.45, 2.75) is 13.3 Å². The Morgan fingerprint density at radius 2 is 1.68 bits per heavy atom. The number of benzene rings is 2.